The Morgan fingerprint density at radius 2 is 2.15 bits per heavy atom. The molecule has 0 saturated heterocycles. The molecule has 0 aliphatic carbocycles. The predicted octanol–water partition coefficient (Wildman–Crippen LogP) is 3.26. The van der Waals surface area contributed by atoms with Gasteiger partial charge in [-0.1, -0.05) is 30.4 Å². The van der Waals surface area contributed by atoms with E-state index < -0.39 is 0 Å². The molecule has 0 spiro atoms. The van der Waals surface area contributed by atoms with Crippen molar-refractivity contribution < 1.29 is 9.47 Å². The molecule has 6 heteroatoms. The molecule has 0 amide bonds. The van der Waals surface area contributed by atoms with Crippen molar-refractivity contribution in [3.05, 3.63) is 29.3 Å². The number of hydrogen-bond acceptors (Lipinski definition) is 6. The molecule has 1 N–H and O–H groups in total. The fraction of sp³-hybridized carbons (Fsp3) is 0.429. The number of anilines is 1. The summed E-state index contributed by atoms with van der Waals surface area (Å²) in [4.78, 5) is 0. The molecular weight excluding hydrogens is 274 g/mol. The quantitative estimate of drug-likeness (QED) is 0.937. The van der Waals surface area contributed by atoms with Crippen LogP contribution in [0.3, 0.4) is 0 Å². The molecule has 1 atom stereocenters. The van der Waals surface area contributed by atoms with Crippen molar-refractivity contribution in [2.45, 2.75) is 25.9 Å². The molecule has 1 aliphatic rings. The molecular formula is C14H17N3O2S. The Balaban J connectivity index is 1.75. The zero-order chi connectivity index (χ0) is 13.8. The SMILES string of the molecule is CCCNc1nnc(C2CCOc3ccccc3O2)s1. The summed E-state index contributed by atoms with van der Waals surface area (Å²) in [7, 11) is 0. The number of nitrogens with one attached hydrogen (secondary N) is 1. The average molecular weight is 291 g/mol. The van der Waals surface area contributed by atoms with Crippen molar-refractivity contribution in [1.29, 1.82) is 0 Å². The molecule has 3 rings (SSSR count). The second-order valence-electron chi connectivity index (χ2n) is 4.56. The maximum Gasteiger partial charge on any atom is 0.205 e. The minimum Gasteiger partial charge on any atom is -0.490 e. The van der Waals surface area contributed by atoms with Gasteiger partial charge < -0.3 is 14.8 Å². The molecule has 2 heterocycles. The predicted molar refractivity (Wildman–Crippen MR) is 78.6 cm³/mol. The number of benzene rings is 1. The van der Waals surface area contributed by atoms with Gasteiger partial charge in [-0.2, -0.15) is 0 Å². The second-order valence-corrected chi connectivity index (χ2v) is 5.57. The summed E-state index contributed by atoms with van der Waals surface area (Å²) in [6.07, 6.45) is 1.75. The highest BCUT2D eigenvalue weighted by Crippen LogP contribution is 2.36. The first kappa shape index (κ1) is 13.2. The van der Waals surface area contributed by atoms with E-state index in [9.17, 15) is 0 Å². The van der Waals surface area contributed by atoms with Crippen LogP contribution in [-0.4, -0.2) is 23.3 Å². The molecule has 0 bridgehead atoms. The van der Waals surface area contributed by atoms with Crippen LogP contribution in [0.4, 0.5) is 5.13 Å². The second kappa shape index (κ2) is 6.09. The number of ether oxygens (including phenoxy) is 2. The lowest BCUT2D eigenvalue weighted by Crippen LogP contribution is -2.08. The van der Waals surface area contributed by atoms with Gasteiger partial charge in [-0.05, 0) is 18.6 Å². The van der Waals surface area contributed by atoms with E-state index in [1.807, 2.05) is 24.3 Å². The third-order valence-electron chi connectivity index (χ3n) is 3.00. The van der Waals surface area contributed by atoms with Gasteiger partial charge in [0.25, 0.3) is 0 Å². The first-order chi connectivity index (χ1) is 9.86. The summed E-state index contributed by atoms with van der Waals surface area (Å²) >= 11 is 1.55. The first-order valence-corrected chi connectivity index (χ1v) is 7.64. The summed E-state index contributed by atoms with van der Waals surface area (Å²) in [5.41, 5.74) is 0. The van der Waals surface area contributed by atoms with Crippen molar-refractivity contribution >= 4 is 16.5 Å². The monoisotopic (exact) mass is 291 g/mol. The van der Waals surface area contributed by atoms with Crippen molar-refractivity contribution in [3.63, 3.8) is 0 Å². The Morgan fingerprint density at radius 3 is 3.00 bits per heavy atom. The average Bonchev–Trinajstić information content (AvgIpc) is 2.84. The van der Waals surface area contributed by atoms with Crippen LogP contribution in [0.1, 0.15) is 30.9 Å². The normalized spacial score (nSPS) is 17.6. The van der Waals surface area contributed by atoms with Crippen LogP contribution in [0.2, 0.25) is 0 Å². The van der Waals surface area contributed by atoms with Crippen molar-refractivity contribution in [1.82, 2.24) is 10.2 Å². The molecule has 1 aromatic carbocycles. The fourth-order valence-electron chi connectivity index (χ4n) is 2.00. The van der Waals surface area contributed by atoms with E-state index in [0.29, 0.717) is 6.61 Å². The molecule has 20 heavy (non-hydrogen) atoms. The molecule has 1 aliphatic heterocycles. The van der Waals surface area contributed by atoms with Gasteiger partial charge in [-0.3, -0.25) is 0 Å². The zero-order valence-electron chi connectivity index (χ0n) is 11.3. The van der Waals surface area contributed by atoms with Crippen molar-refractivity contribution in [3.8, 4) is 11.5 Å². The van der Waals surface area contributed by atoms with Gasteiger partial charge in [-0.25, -0.2) is 0 Å². The van der Waals surface area contributed by atoms with Crippen molar-refractivity contribution in [2.75, 3.05) is 18.5 Å². The largest absolute Gasteiger partial charge is 0.490 e. The van der Waals surface area contributed by atoms with Crippen LogP contribution in [0.15, 0.2) is 24.3 Å². The van der Waals surface area contributed by atoms with Gasteiger partial charge in [0, 0.05) is 13.0 Å². The lowest BCUT2D eigenvalue weighted by Gasteiger charge is -2.12. The van der Waals surface area contributed by atoms with Gasteiger partial charge in [0.05, 0.1) is 6.61 Å². The molecule has 5 nitrogen and oxygen atoms in total. The van der Waals surface area contributed by atoms with Crippen LogP contribution in [0, 0.1) is 0 Å². The number of para-hydroxylation sites is 2. The molecule has 1 unspecified atom stereocenters. The number of aromatic nitrogens is 2. The van der Waals surface area contributed by atoms with Crippen LogP contribution < -0.4 is 14.8 Å². The van der Waals surface area contributed by atoms with Crippen molar-refractivity contribution in [2.24, 2.45) is 0 Å². The van der Waals surface area contributed by atoms with E-state index in [-0.39, 0.29) is 6.10 Å². The van der Waals surface area contributed by atoms with Gasteiger partial charge >= 0.3 is 0 Å². The van der Waals surface area contributed by atoms with Crippen LogP contribution >= 0.6 is 11.3 Å². The fourth-order valence-corrected chi connectivity index (χ4v) is 2.83. The van der Waals surface area contributed by atoms with E-state index in [4.69, 9.17) is 9.47 Å². The lowest BCUT2D eigenvalue weighted by atomic mass is 10.3. The van der Waals surface area contributed by atoms with E-state index in [1.165, 1.54) is 0 Å². The van der Waals surface area contributed by atoms with Gasteiger partial charge in [0.2, 0.25) is 5.13 Å². The Labute approximate surface area is 121 Å². The highest BCUT2D eigenvalue weighted by Gasteiger charge is 2.23. The molecule has 106 valence electrons. The Hall–Kier alpha value is -1.82. The minimum atomic E-state index is -0.0895. The van der Waals surface area contributed by atoms with Crippen LogP contribution in [0.5, 0.6) is 11.5 Å². The maximum atomic E-state index is 6.02. The molecule has 1 aromatic heterocycles. The van der Waals surface area contributed by atoms with E-state index in [0.717, 1.165) is 41.0 Å². The Morgan fingerprint density at radius 1 is 1.30 bits per heavy atom. The van der Waals surface area contributed by atoms with Crippen LogP contribution in [0.25, 0.3) is 0 Å². The number of rotatable bonds is 4. The van der Waals surface area contributed by atoms with Crippen LogP contribution in [-0.2, 0) is 0 Å². The Bertz CT molecular complexity index is 573. The third-order valence-corrected chi connectivity index (χ3v) is 3.97. The first-order valence-electron chi connectivity index (χ1n) is 6.82. The number of nitrogens with zero attached hydrogens (tertiary/aromatic N) is 2. The zero-order valence-corrected chi connectivity index (χ0v) is 12.2. The highest BCUT2D eigenvalue weighted by atomic mass is 32.1. The molecule has 0 saturated carbocycles. The van der Waals surface area contributed by atoms with E-state index in [1.54, 1.807) is 11.3 Å². The topological polar surface area (TPSA) is 56.3 Å². The summed E-state index contributed by atoms with van der Waals surface area (Å²) in [5, 5.41) is 13.4. The van der Waals surface area contributed by atoms with Gasteiger partial charge in [0.1, 0.15) is 0 Å². The Kier molecular flexibility index (Phi) is 4.01. The standard InChI is InChI=1S/C14H17N3O2S/c1-2-8-15-14-17-16-13(20-14)12-7-9-18-10-5-3-4-6-11(10)19-12/h3-6,12H,2,7-9H2,1H3,(H,15,17). The molecule has 0 radical (unpaired) electrons. The van der Waals surface area contributed by atoms with E-state index in [2.05, 4.69) is 22.4 Å². The number of hydrogen-bond donors (Lipinski definition) is 1. The lowest BCUT2D eigenvalue weighted by molar-refractivity contribution is 0.193. The van der Waals surface area contributed by atoms with Gasteiger partial charge in [0.15, 0.2) is 22.6 Å². The molecule has 2 aromatic rings. The van der Waals surface area contributed by atoms with E-state index >= 15 is 0 Å². The summed E-state index contributed by atoms with van der Waals surface area (Å²) in [5.74, 6) is 1.57. The molecule has 0 fully saturated rings. The highest BCUT2D eigenvalue weighted by molar-refractivity contribution is 7.15. The third kappa shape index (κ3) is 2.85. The summed E-state index contributed by atoms with van der Waals surface area (Å²) in [6.45, 7) is 3.66. The summed E-state index contributed by atoms with van der Waals surface area (Å²) < 4.78 is 11.7. The summed E-state index contributed by atoms with van der Waals surface area (Å²) in [6, 6.07) is 7.73. The smallest absolute Gasteiger partial charge is 0.205 e. The number of fused-ring (bicyclic) bond motifs is 1. The minimum absolute atomic E-state index is 0.0895. The maximum absolute atomic E-state index is 6.02. The van der Waals surface area contributed by atoms with Gasteiger partial charge in [-0.15, -0.1) is 10.2 Å².